The summed E-state index contributed by atoms with van der Waals surface area (Å²) in [5.74, 6) is 0. The monoisotopic (exact) mass is 190 g/mol. The molecule has 1 unspecified atom stereocenters. The van der Waals surface area contributed by atoms with Gasteiger partial charge < -0.3 is 9.90 Å². The second-order valence-corrected chi connectivity index (χ2v) is 3.03. The Hall–Kier alpha value is -1.41. The second kappa shape index (κ2) is 6.11. The first-order valence-electron chi connectivity index (χ1n) is 4.68. The Morgan fingerprint density at radius 3 is 2.57 bits per heavy atom. The summed E-state index contributed by atoms with van der Waals surface area (Å²) < 4.78 is 0. The van der Waals surface area contributed by atoms with Crippen molar-refractivity contribution in [3.05, 3.63) is 48.0 Å². The quantitative estimate of drug-likeness (QED) is 0.439. The first-order chi connectivity index (χ1) is 6.84. The van der Waals surface area contributed by atoms with Gasteiger partial charge >= 0.3 is 0 Å². The van der Waals surface area contributed by atoms with Gasteiger partial charge in [-0.1, -0.05) is 42.5 Å². The smallest absolute Gasteiger partial charge is 0.120 e. The van der Waals surface area contributed by atoms with Gasteiger partial charge in [-0.05, 0) is 12.0 Å². The molecule has 0 saturated heterocycles. The van der Waals surface area contributed by atoms with E-state index in [2.05, 4.69) is 0 Å². The Balaban J connectivity index is 2.46. The van der Waals surface area contributed by atoms with Crippen LogP contribution >= 0.6 is 0 Å². The number of hydrogen-bond acceptors (Lipinski definition) is 2. The lowest BCUT2D eigenvalue weighted by molar-refractivity contribution is -0.107. The molecule has 0 saturated carbocycles. The molecule has 1 N–H and O–H groups in total. The van der Waals surface area contributed by atoms with Crippen LogP contribution < -0.4 is 0 Å². The van der Waals surface area contributed by atoms with E-state index in [-0.39, 0.29) is 0 Å². The third kappa shape index (κ3) is 3.54. The minimum absolute atomic E-state index is 0.512. The van der Waals surface area contributed by atoms with Crippen LogP contribution in [0.4, 0.5) is 0 Å². The van der Waals surface area contributed by atoms with Gasteiger partial charge in [0, 0.05) is 6.42 Å². The maximum atomic E-state index is 10.0. The van der Waals surface area contributed by atoms with Crippen molar-refractivity contribution in [2.24, 2.45) is 0 Å². The van der Waals surface area contributed by atoms with Crippen LogP contribution in [0.1, 0.15) is 24.5 Å². The Kier molecular flexibility index (Phi) is 4.65. The molecule has 14 heavy (non-hydrogen) atoms. The number of allylic oxidation sites excluding steroid dienone is 1. The van der Waals surface area contributed by atoms with Gasteiger partial charge in [-0.25, -0.2) is 0 Å². The highest BCUT2D eigenvalue weighted by Crippen LogP contribution is 2.13. The lowest BCUT2D eigenvalue weighted by Crippen LogP contribution is -1.91. The predicted molar refractivity (Wildman–Crippen MR) is 55.8 cm³/mol. The van der Waals surface area contributed by atoms with Crippen LogP contribution in [0.5, 0.6) is 0 Å². The summed E-state index contributed by atoms with van der Waals surface area (Å²) in [6.45, 7) is 0. The Bertz CT molecular complexity index is 290. The number of aliphatic hydroxyl groups is 1. The molecule has 2 nitrogen and oxygen atoms in total. The standard InChI is InChI=1S/C12H14O2/c13-10-6-2-5-9-12(14)11-7-3-1-4-8-11/h1,3-5,7-10,12,14H,2,6H2/b9-5+. The van der Waals surface area contributed by atoms with Crippen molar-refractivity contribution in [3.8, 4) is 0 Å². The normalized spacial score (nSPS) is 12.9. The molecule has 0 aliphatic rings. The Morgan fingerprint density at radius 2 is 1.93 bits per heavy atom. The largest absolute Gasteiger partial charge is 0.384 e. The van der Waals surface area contributed by atoms with Crippen molar-refractivity contribution < 1.29 is 9.90 Å². The van der Waals surface area contributed by atoms with E-state index in [9.17, 15) is 9.90 Å². The maximum absolute atomic E-state index is 10.0. The van der Waals surface area contributed by atoms with E-state index < -0.39 is 6.10 Å². The molecule has 0 bridgehead atoms. The van der Waals surface area contributed by atoms with Crippen molar-refractivity contribution in [2.45, 2.75) is 18.9 Å². The SMILES string of the molecule is O=CCC/C=C/C(O)c1ccccc1. The minimum atomic E-state index is -0.567. The molecule has 0 amide bonds. The van der Waals surface area contributed by atoms with Crippen molar-refractivity contribution in [1.82, 2.24) is 0 Å². The van der Waals surface area contributed by atoms with Gasteiger partial charge in [-0.3, -0.25) is 0 Å². The fraction of sp³-hybridized carbons (Fsp3) is 0.250. The number of unbranched alkanes of at least 4 members (excludes halogenated alkanes) is 1. The van der Waals surface area contributed by atoms with Crippen LogP contribution in [0.3, 0.4) is 0 Å². The molecule has 1 rings (SSSR count). The number of aliphatic hydroxyl groups excluding tert-OH is 1. The van der Waals surface area contributed by atoms with Crippen LogP contribution in [0, 0.1) is 0 Å². The zero-order chi connectivity index (χ0) is 10.2. The maximum Gasteiger partial charge on any atom is 0.120 e. The van der Waals surface area contributed by atoms with Crippen LogP contribution in [0.15, 0.2) is 42.5 Å². The fourth-order valence-electron chi connectivity index (χ4n) is 1.15. The van der Waals surface area contributed by atoms with Gasteiger partial charge in [-0.15, -0.1) is 0 Å². The molecule has 0 radical (unpaired) electrons. The Morgan fingerprint density at radius 1 is 1.21 bits per heavy atom. The molecular weight excluding hydrogens is 176 g/mol. The molecule has 0 spiro atoms. The van der Waals surface area contributed by atoms with E-state index in [0.717, 1.165) is 11.8 Å². The molecule has 0 aliphatic heterocycles. The lowest BCUT2D eigenvalue weighted by Gasteiger charge is -2.04. The zero-order valence-corrected chi connectivity index (χ0v) is 7.97. The summed E-state index contributed by atoms with van der Waals surface area (Å²) in [6.07, 6.45) is 5.04. The highest BCUT2D eigenvalue weighted by atomic mass is 16.3. The van der Waals surface area contributed by atoms with Crippen LogP contribution in [-0.2, 0) is 4.79 Å². The number of rotatable bonds is 5. The third-order valence-corrected chi connectivity index (χ3v) is 1.91. The molecule has 2 heteroatoms. The van der Waals surface area contributed by atoms with Crippen molar-refractivity contribution >= 4 is 6.29 Å². The molecule has 0 aromatic heterocycles. The number of carbonyl (C=O) groups excluding carboxylic acids is 1. The van der Waals surface area contributed by atoms with Crippen molar-refractivity contribution in [1.29, 1.82) is 0 Å². The van der Waals surface area contributed by atoms with Crippen molar-refractivity contribution in [3.63, 3.8) is 0 Å². The van der Waals surface area contributed by atoms with Gasteiger partial charge in [-0.2, -0.15) is 0 Å². The molecule has 0 aliphatic carbocycles. The third-order valence-electron chi connectivity index (χ3n) is 1.91. The summed E-state index contributed by atoms with van der Waals surface area (Å²) in [7, 11) is 0. The minimum Gasteiger partial charge on any atom is -0.384 e. The topological polar surface area (TPSA) is 37.3 Å². The Labute approximate surface area is 83.9 Å². The van der Waals surface area contributed by atoms with E-state index in [1.807, 2.05) is 36.4 Å². The highest BCUT2D eigenvalue weighted by Gasteiger charge is 1.99. The van der Waals surface area contributed by atoms with E-state index >= 15 is 0 Å². The number of benzene rings is 1. The molecular formula is C12H14O2. The number of aldehydes is 1. The van der Waals surface area contributed by atoms with Crippen LogP contribution in [0.25, 0.3) is 0 Å². The van der Waals surface area contributed by atoms with Gasteiger partial charge in [0.2, 0.25) is 0 Å². The predicted octanol–water partition coefficient (Wildman–Crippen LogP) is 2.26. The summed E-state index contributed by atoms with van der Waals surface area (Å²) in [5.41, 5.74) is 0.870. The van der Waals surface area contributed by atoms with E-state index in [4.69, 9.17) is 0 Å². The highest BCUT2D eigenvalue weighted by molar-refractivity contribution is 5.49. The van der Waals surface area contributed by atoms with Gasteiger partial charge in [0.1, 0.15) is 6.29 Å². The first kappa shape index (κ1) is 10.7. The number of hydrogen-bond donors (Lipinski definition) is 1. The summed E-state index contributed by atoms with van der Waals surface area (Å²) in [5, 5.41) is 9.64. The van der Waals surface area contributed by atoms with Crippen LogP contribution in [-0.4, -0.2) is 11.4 Å². The molecule has 74 valence electrons. The second-order valence-electron chi connectivity index (χ2n) is 3.03. The average Bonchev–Trinajstić information content (AvgIpc) is 2.25. The summed E-state index contributed by atoms with van der Waals surface area (Å²) >= 11 is 0. The molecule has 1 aromatic carbocycles. The molecule has 1 atom stereocenters. The van der Waals surface area contributed by atoms with Crippen LogP contribution in [0.2, 0.25) is 0 Å². The van der Waals surface area contributed by atoms with Gasteiger partial charge in [0.15, 0.2) is 0 Å². The lowest BCUT2D eigenvalue weighted by atomic mass is 10.1. The molecule has 0 fully saturated rings. The molecule has 0 heterocycles. The summed E-state index contributed by atoms with van der Waals surface area (Å²) in [6, 6.07) is 9.42. The van der Waals surface area contributed by atoms with E-state index in [1.54, 1.807) is 6.08 Å². The fourth-order valence-corrected chi connectivity index (χ4v) is 1.15. The van der Waals surface area contributed by atoms with Gasteiger partial charge in [0.05, 0.1) is 6.10 Å². The van der Waals surface area contributed by atoms with E-state index in [1.165, 1.54) is 0 Å². The summed E-state index contributed by atoms with van der Waals surface area (Å²) in [4.78, 5) is 10.0. The number of carbonyl (C=O) groups is 1. The first-order valence-corrected chi connectivity index (χ1v) is 4.68. The molecule has 1 aromatic rings. The van der Waals surface area contributed by atoms with Gasteiger partial charge in [0.25, 0.3) is 0 Å². The average molecular weight is 190 g/mol. The van der Waals surface area contributed by atoms with E-state index in [0.29, 0.717) is 12.8 Å². The van der Waals surface area contributed by atoms with Crippen molar-refractivity contribution in [2.75, 3.05) is 0 Å². The zero-order valence-electron chi connectivity index (χ0n) is 7.97.